The molecule has 0 radical (unpaired) electrons. The average Bonchev–Trinajstić information content (AvgIpc) is 2.46. The van der Waals surface area contributed by atoms with Gasteiger partial charge in [-0.1, -0.05) is 48.5 Å². The van der Waals surface area contributed by atoms with Gasteiger partial charge in [-0.15, -0.1) is 6.58 Å². The molecule has 1 unspecified atom stereocenters. The molecular formula is C16H16O2. The highest BCUT2D eigenvalue weighted by Gasteiger charge is 2.01. The van der Waals surface area contributed by atoms with Crippen LogP contribution in [0.25, 0.3) is 11.1 Å². The monoisotopic (exact) mass is 240 g/mol. The van der Waals surface area contributed by atoms with Crippen LogP contribution in [-0.2, 0) is 0 Å². The number of benzene rings is 2. The lowest BCUT2D eigenvalue weighted by Gasteiger charge is -2.09. The fraction of sp³-hybridized carbons (Fsp3) is 0.125. The Balaban J connectivity index is 2.04. The lowest BCUT2D eigenvalue weighted by molar-refractivity contribution is 0.145. The normalized spacial score (nSPS) is 11.8. The van der Waals surface area contributed by atoms with Crippen molar-refractivity contribution in [1.82, 2.24) is 0 Å². The lowest BCUT2D eigenvalue weighted by Crippen LogP contribution is -2.13. The van der Waals surface area contributed by atoms with Crippen molar-refractivity contribution in [1.29, 1.82) is 0 Å². The molecular weight excluding hydrogens is 224 g/mol. The third kappa shape index (κ3) is 3.22. The highest BCUT2D eigenvalue weighted by molar-refractivity contribution is 5.63. The topological polar surface area (TPSA) is 29.5 Å². The Hall–Kier alpha value is -2.06. The molecule has 1 N–H and O–H groups in total. The number of aliphatic hydroxyl groups excluding tert-OH is 1. The van der Waals surface area contributed by atoms with E-state index in [1.807, 2.05) is 42.5 Å². The molecule has 0 heterocycles. The van der Waals surface area contributed by atoms with Crippen LogP contribution in [0.3, 0.4) is 0 Å². The van der Waals surface area contributed by atoms with Crippen molar-refractivity contribution in [3.63, 3.8) is 0 Å². The summed E-state index contributed by atoms with van der Waals surface area (Å²) in [4.78, 5) is 0. The van der Waals surface area contributed by atoms with Gasteiger partial charge in [0.15, 0.2) is 0 Å². The molecule has 0 aliphatic rings. The van der Waals surface area contributed by atoms with Crippen molar-refractivity contribution < 1.29 is 9.84 Å². The van der Waals surface area contributed by atoms with Gasteiger partial charge >= 0.3 is 0 Å². The first-order chi connectivity index (χ1) is 8.79. The molecule has 18 heavy (non-hydrogen) atoms. The second-order valence-corrected chi connectivity index (χ2v) is 4.00. The van der Waals surface area contributed by atoms with E-state index in [0.717, 1.165) is 11.3 Å². The molecule has 2 aromatic carbocycles. The van der Waals surface area contributed by atoms with Crippen LogP contribution in [0.1, 0.15) is 0 Å². The van der Waals surface area contributed by atoms with Crippen molar-refractivity contribution in [3.05, 3.63) is 67.3 Å². The Kier molecular flexibility index (Phi) is 4.15. The van der Waals surface area contributed by atoms with E-state index in [2.05, 4.69) is 18.7 Å². The van der Waals surface area contributed by atoms with Crippen LogP contribution in [0.15, 0.2) is 67.3 Å². The first-order valence-corrected chi connectivity index (χ1v) is 5.88. The average molecular weight is 240 g/mol. The molecule has 2 nitrogen and oxygen atoms in total. The van der Waals surface area contributed by atoms with E-state index < -0.39 is 6.10 Å². The van der Waals surface area contributed by atoms with Gasteiger partial charge in [-0.25, -0.2) is 0 Å². The van der Waals surface area contributed by atoms with Gasteiger partial charge in [0.05, 0.1) is 0 Å². The van der Waals surface area contributed by atoms with E-state index in [-0.39, 0.29) is 6.61 Å². The van der Waals surface area contributed by atoms with Gasteiger partial charge < -0.3 is 9.84 Å². The lowest BCUT2D eigenvalue weighted by atomic mass is 10.1. The van der Waals surface area contributed by atoms with Gasteiger partial charge in [0.25, 0.3) is 0 Å². The Labute approximate surface area is 107 Å². The molecule has 2 heteroatoms. The van der Waals surface area contributed by atoms with Crippen molar-refractivity contribution in [2.45, 2.75) is 6.10 Å². The number of hydrogen-bond acceptors (Lipinski definition) is 2. The molecule has 0 saturated carbocycles. The summed E-state index contributed by atoms with van der Waals surface area (Å²) >= 11 is 0. The number of aliphatic hydroxyl groups is 1. The molecule has 0 aromatic heterocycles. The van der Waals surface area contributed by atoms with E-state index in [9.17, 15) is 5.11 Å². The quantitative estimate of drug-likeness (QED) is 0.813. The number of rotatable bonds is 5. The summed E-state index contributed by atoms with van der Waals surface area (Å²) in [5.41, 5.74) is 2.32. The molecule has 0 saturated heterocycles. The van der Waals surface area contributed by atoms with Crippen LogP contribution in [0.2, 0.25) is 0 Å². The van der Waals surface area contributed by atoms with Crippen molar-refractivity contribution in [3.8, 4) is 16.9 Å². The summed E-state index contributed by atoms with van der Waals surface area (Å²) in [5.74, 6) is 0.746. The molecule has 0 aliphatic heterocycles. The van der Waals surface area contributed by atoms with Gasteiger partial charge in [-0.05, 0) is 23.3 Å². The maximum absolute atomic E-state index is 9.31. The van der Waals surface area contributed by atoms with E-state index in [0.29, 0.717) is 0 Å². The van der Waals surface area contributed by atoms with E-state index in [4.69, 9.17) is 4.74 Å². The molecule has 1 atom stereocenters. The van der Waals surface area contributed by atoms with E-state index in [1.54, 1.807) is 0 Å². The van der Waals surface area contributed by atoms with Crippen LogP contribution >= 0.6 is 0 Å². The number of ether oxygens (including phenoxy) is 1. The largest absolute Gasteiger partial charge is 0.491 e. The zero-order chi connectivity index (χ0) is 12.8. The zero-order valence-corrected chi connectivity index (χ0v) is 10.1. The molecule has 2 rings (SSSR count). The van der Waals surface area contributed by atoms with Gasteiger partial charge in [0.1, 0.15) is 18.5 Å². The maximum Gasteiger partial charge on any atom is 0.119 e. The standard InChI is InChI=1S/C16H16O2/c1-2-15(17)12-18-16-10-8-14(9-11-16)13-6-4-3-5-7-13/h2-11,15,17H,1,12H2. The predicted octanol–water partition coefficient (Wildman–Crippen LogP) is 3.28. The number of hydrogen-bond donors (Lipinski definition) is 1. The maximum atomic E-state index is 9.31. The summed E-state index contributed by atoms with van der Waals surface area (Å²) in [6.07, 6.45) is 0.831. The molecule has 92 valence electrons. The Morgan fingerprint density at radius 3 is 2.22 bits per heavy atom. The van der Waals surface area contributed by atoms with E-state index in [1.165, 1.54) is 11.6 Å². The summed E-state index contributed by atoms with van der Waals surface area (Å²) in [6, 6.07) is 18.0. The molecule has 0 bridgehead atoms. The zero-order valence-electron chi connectivity index (χ0n) is 10.1. The third-order valence-corrected chi connectivity index (χ3v) is 2.65. The van der Waals surface area contributed by atoms with Crippen LogP contribution in [0.5, 0.6) is 5.75 Å². The summed E-state index contributed by atoms with van der Waals surface area (Å²) < 4.78 is 5.43. The third-order valence-electron chi connectivity index (χ3n) is 2.65. The predicted molar refractivity (Wildman–Crippen MR) is 73.6 cm³/mol. The Morgan fingerprint density at radius 1 is 1.00 bits per heavy atom. The SMILES string of the molecule is C=CC(O)COc1ccc(-c2ccccc2)cc1. The fourth-order valence-electron chi connectivity index (χ4n) is 1.62. The molecule has 0 spiro atoms. The molecule has 0 aliphatic carbocycles. The Morgan fingerprint density at radius 2 is 1.61 bits per heavy atom. The van der Waals surface area contributed by atoms with Crippen molar-refractivity contribution in [2.75, 3.05) is 6.61 Å². The second kappa shape index (κ2) is 6.03. The van der Waals surface area contributed by atoms with Crippen LogP contribution in [0, 0.1) is 0 Å². The minimum absolute atomic E-state index is 0.230. The summed E-state index contributed by atoms with van der Waals surface area (Å²) in [7, 11) is 0. The minimum Gasteiger partial charge on any atom is -0.491 e. The van der Waals surface area contributed by atoms with Crippen LogP contribution in [0.4, 0.5) is 0 Å². The summed E-state index contributed by atoms with van der Waals surface area (Å²) in [5, 5.41) is 9.31. The Bertz CT molecular complexity index is 488. The first-order valence-electron chi connectivity index (χ1n) is 5.88. The highest BCUT2D eigenvalue weighted by Crippen LogP contribution is 2.22. The molecule has 0 fully saturated rings. The smallest absolute Gasteiger partial charge is 0.119 e. The fourth-order valence-corrected chi connectivity index (χ4v) is 1.62. The van der Waals surface area contributed by atoms with Crippen LogP contribution in [-0.4, -0.2) is 17.8 Å². The molecule has 0 amide bonds. The van der Waals surface area contributed by atoms with Crippen molar-refractivity contribution in [2.24, 2.45) is 0 Å². The van der Waals surface area contributed by atoms with Gasteiger partial charge in [0, 0.05) is 0 Å². The van der Waals surface area contributed by atoms with E-state index >= 15 is 0 Å². The molecule has 2 aromatic rings. The van der Waals surface area contributed by atoms with Gasteiger partial charge in [-0.3, -0.25) is 0 Å². The summed E-state index contributed by atoms with van der Waals surface area (Å²) in [6.45, 7) is 3.73. The van der Waals surface area contributed by atoms with Gasteiger partial charge in [0.2, 0.25) is 0 Å². The van der Waals surface area contributed by atoms with Crippen LogP contribution < -0.4 is 4.74 Å². The first kappa shape index (κ1) is 12.4. The highest BCUT2D eigenvalue weighted by atomic mass is 16.5. The van der Waals surface area contributed by atoms with Gasteiger partial charge in [-0.2, -0.15) is 0 Å². The second-order valence-electron chi connectivity index (χ2n) is 4.00. The minimum atomic E-state index is -0.626. The van der Waals surface area contributed by atoms with Crippen molar-refractivity contribution >= 4 is 0 Å².